The van der Waals surface area contributed by atoms with Gasteiger partial charge in [0.15, 0.2) is 5.03 Å². The molecule has 38 heavy (non-hydrogen) atoms. The quantitative estimate of drug-likeness (QED) is 0.578. The van der Waals surface area contributed by atoms with E-state index in [1.54, 1.807) is 25.9 Å². The van der Waals surface area contributed by atoms with Crippen molar-refractivity contribution >= 4 is 21.6 Å². The van der Waals surface area contributed by atoms with E-state index in [0.717, 1.165) is 0 Å². The number of carbonyl (C=O) groups is 1. The van der Waals surface area contributed by atoms with Crippen molar-refractivity contribution in [1.29, 1.82) is 0 Å². The van der Waals surface area contributed by atoms with Gasteiger partial charge in [0.2, 0.25) is 0 Å². The molecular weight excluding hydrogens is 527 g/mol. The molecule has 0 spiro atoms. The number of sulfonamides is 1. The Hall–Kier alpha value is -2.84. The average molecular weight is 562 g/mol. The third kappa shape index (κ3) is 7.60. The maximum atomic E-state index is 13.3. The number of imidazole rings is 1. The van der Waals surface area contributed by atoms with E-state index in [0.29, 0.717) is 6.54 Å². The number of nitrogens with zero attached hydrogens (tertiary/aromatic N) is 4. The van der Waals surface area contributed by atoms with Gasteiger partial charge in [-0.05, 0) is 25.0 Å². The lowest BCUT2D eigenvalue weighted by molar-refractivity contribution is -0.140. The second kappa shape index (κ2) is 11.9. The van der Waals surface area contributed by atoms with Crippen LogP contribution in [0.2, 0.25) is 0 Å². The maximum absolute atomic E-state index is 13.3. The highest BCUT2D eigenvalue weighted by molar-refractivity contribution is 7.92. The number of fused-ring (bicyclic) bond motifs is 1. The molecule has 10 nitrogen and oxygen atoms in total. The molecule has 212 valence electrons. The number of rotatable bonds is 6. The number of alkyl halides is 3. The highest BCUT2D eigenvalue weighted by Crippen LogP contribution is 2.28. The number of benzene rings is 1. The van der Waals surface area contributed by atoms with Gasteiger partial charge in [0.1, 0.15) is 12.4 Å². The first-order valence-electron chi connectivity index (χ1n) is 12.1. The van der Waals surface area contributed by atoms with Gasteiger partial charge in [0.25, 0.3) is 15.9 Å². The van der Waals surface area contributed by atoms with Crippen LogP contribution in [0.25, 0.3) is 0 Å². The van der Waals surface area contributed by atoms with E-state index in [1.165, 1.54) is 47.3 Å². The number of aromatic nitrogens is 2. The van der Waals surface area contributed by atoms with Crippen LogP contribution in [0, 0.1) is 5.92 Å². The standard InChI is InChI=1S/C24H34F3N5O5S/c1-16-11-32(9-8-24(25,26)27)17(2)14-37-20-10-18(29-38(34,35)22-13-30(3)15-28-22)6-7-19(20)23(33)31(4)12-21(16)36-5/h6-7,10,13,15-17,21,29H,8-9,11-12,14H2,1-5H3/t16-,17+,21+/m1/s1. The molecule has 1 N–H and O–H groups in total. The van der Waals surface area contributed by atoms with Crippen LogP contribution in [-0.4, -0.2) is 92.4 Å². The first kappa shape index (κ1) is 29.7. The molecule has 0 radical (unpaired) electrons. The Morgan fingerprint density at radius 2 is 1.92 bits per heavy atom. The summed E-state index contributed by atoms with van der Waals surface area (Å²) in [5.74, 6) is -0.433. The zero-order chi connectivity index (χ0) is 28.3. The monoisotopic (exact) mass is 561 g/mol. The third-order valence-electron chi connectivity index (χ3n) is 6.47. The molecule has 2 aromatic rings. The second-order valence-corrected chi connectivity index (χ2v) is 11.3. The van der Waals surface area contributed by atoms with Crippen molar-refractivity contribution in [3.8, 4) is 5.75 Å². The van der Waals surface area contributed by atoms with E-state index < -0.39 is 34.8 Å². The molecule has 0 saturated heterocycles. The van der Waals surface area contributed by atoms with Crippen LogP contribution in [0.4, 0.5) is 18.9 Å². The molecule has 1 aliphatic rings. The minimum Gasteiger partial charge on any atom is -0.491 e. The fraction of sp³-hybridized carbons (Fsp3) is 0.583. The molecule has 1 aliphatic heterocycles. The lowest BCUT2D eigenvalue weighted by Crippen LogP contribution is -2.47. The van der Waals surface area contributed by atoms with Gasteiger partial charge in [0, 0.05) is 59.1 Å². The fourth-order valence-corrected chi connectivity index (χ4v) is 5.26. The van der Waals surface area contributed by atoms with Crippen LogP contribution in [-0.2, 0) is 21.8 Å². The van der Waals surface area contributed by atoms with Crippen molar-refractivity contribution in [1.82, 2.24) is 19.4 Å². The van der Waals surface area contributed by atoms with Gasteiger partial charge in [-0.15, -0.1) is 0 Å². The van der Waals surface area contributed by atoms with E-state index in [9.17, 15) is 26.4 Å². The Kier molecular flexibility index (Phi) is 9.31. The molecule has 2 heterocycles. The first-order valence-corrected chi connectivity index (χ1v) is 13.5. The summed E-state index contributed by atoms with van der Waals surface area (Å²) in [5.41, 5.74) is 0.326. The van der Waals surface area contributed by atoms with E-state index >= 15 is 0 Å². The summed E-state index contributed by atoms with van der Waals surface area (Å²) >= 11 is 0. The molecular formula is C24H34F3N5O5S. The number of hydrogen-bond donors (Lipinski definition) is 1. The van der Waals surface area contributed by atoms with Crippen LogP contribution in [0.3, 0.4) is 0 Å². The topological polar surface area (TPSA) is 106 Å². The van der Waals surface area contributed by atoms with Crippen molar-refractivity contribution in [3.63, 3.8) is 0 Å². The van der Waals surface area contributed by atoms with Crippen molar-refractivity contribution in [2.75, 3.05) is 45.1 Å². The second-order valence-electron chi connectivity index (χ2n) is 9.65. The Morgan fingerprint density at radius 3 is 2.53 bits per heavy atom. The minimum absolute atomic E-state index is 0.0251. The molecule has 0 unspecified atom stereocenters. The Morgan fingerprint density at radius 1 is 1.21 bits per heavy atom. The van der Waals surface area contributed by atoms with Gasteiger partial charge in [-0.1, -0.05) is 6.92 Å². The molecule has 3 rings (SSSR count). The SMILES string of the molecule is CO[C@H]1CN(C)C(=O)c2ccc(NS(=O)(=O)c3cn(C)cn3)cc2OC[C@H](C)N(CCC(F)(F)F)C[C@H]1C. The molecule has 1 aromatic heterocycles. The molecule has 0 saturated carbocycles. The summed E-state index contributed by atoms with van der Waals surface area (Å²) in [6.45, 7) is 3.88. The van der Waals surface area contributed by atoms with Crippen molar-refractivity contribution < 1.29 is 35.9 Å². The van der Waals surface area contributed by atoms with E-state index in [4.69, 9.17) is 9.47 Å². The van der Waals surface area contributed by atoms with E-state index in [-0.39, 0.29) is 53.5 Å². The van der Waals surface area contributed by atoms with Gasteiger partial charge in [-0.3, -0.25) is 14.4 Å². The molecule has 1 aromatic carbocycles. The smallest absolute Gasteiger partial charge is 0.390 e. The Labute approximate surface area is 220 Å². The number of halogens is 3. The minimum atomic E-state index is -4.31. The molecule has 14 heteroatoms. The van der Waals surface area contributed by atoms with Crippen LogP contribution < -0.4 is 9.46 Å². The summed E-state index contributed by atoms with van der Waals surface area (Å²) in [6.07, 6.45) is -3.01. The number of methoxy groups -OCH3 is 1. The number of carbonyl (C=O) groups excluding carboxylic acids is 1. The Balaban J connectivity index is 1.94. The highest BCUT2D eigenvalue weighted by atomic mass is 32.2. The summed E-state index contributed by atoms with van der Waals surface area (Å²) in [5, 5.41) is -0.182. The predicted octanol–water partition coefficient (Wildman–Crippen LogP) is 2.98. The van der Waals surface area contributed by atoms with Gasteiger partial charge in [0.05, 0.1) is 30.1 Å². The lowest BCUT2D eigenvalue weighted by Gasteiger charge is -2.36. The largest absolute Gasteiger partial charge is 0.491 e. The number of amides is 1. The summed E-state index contributed by atoms with van der Waals surface area (Å²) in [7, 11) is 0.733. The average Bonchev–Trinajstić information content (AvgIpc) is 3.29. The number of ether oxygens (including phenoxy) is 2. The Bertz CT molecular complexity index is 1220. The number of hydrogen-bond acceptors (Lipinski definition) is 7. The zero-order valence-corrected chi connectivity index (χ0v) is 22.8. The third-order valence-corrected chi connectivity index (χ3v) is 7.73. The van der Waals surface area contributed by atoms with Crippen LogP contribution in [0.5, 0.6) is 5.75 Å². The normalized spacial score (nSPS) is 22.3. The fourth-order valence-electron chi connectivity index (χ4n) is 4.23. The van der Waals surface area contributed by atoms with Gasteiger partial charge in [-0.25, -0.2) is 4.98 Å². The van der Waals surface area contributed by atoms with Gasteiger partial charge in [-0.2, -0.15) is 21.6 Å². The predicted molar refractivity (Wildman–Crippen MR) is 135 cm³/mol. The van der Waals surface area contributed by atoms with Crippen molar-refractivity contribution in [2.45, 2.75) is 43.6 Å². The van der Waals surface area contributed by atoms with Crippen LogP contribution in [0.15, 0.2) is 35.7 Å². The summed E-state index contributed by atoms with van der Waals surface area (Å²) in [6, 6.07) is 3.84. The molecule has 0 aliphatic carbocycles. The summed E-state index contributed by atoms with van der Waals surface area (Å²) in [4.78, 5) is 20.3. The summed E-state index contributed by atoms with van der Waals surface area (Å²) < 4.78 is 80.0. The first-order chi connectivity index (χ1) is 17.7. The molecule has 0 bridgehead atoms. The van der Waals surface area contributed by atoms with Gasteiger partial charge < -0.3 is 18.9 Å². The lowest BCUT2D eigenvalue weighted by atomic mass is 10.0. The molecule has 0 fully saturated rings. The number of anilines is 1. The number of aryl methyl sites for hydroxylation is 1. The maximum Gasteiger partial charge on any atom is 0.390 e. The van der Waals surface area contributed by atoms with Crippen molar-refractivity contribution in [3.05, 3.63) is 36.3 Å². The molecule has 3 atom stereocenters. The highest BCUT2D eigenvalue weighted by Gasteiger charge is 2.32. The molecule has 1 amide bonds. The van der Waals surface area contributed by atoms with E-state index in [2.05, 4.69) is 9.71 Å². The van der Waals surface area contributed by atoms with E-state index in [1.807, 2.05) is 6.92 Å². The zero-order valence-electron chi connectivity index (χ0n) is 22.0. The van der Waals surface area contributed by atoms with Gasteiger partial charge >= 0.3 is 6.18 Å². The van der Waals surface area contributed by atoms with Crippen LogP contribution >= 0.6 is 0 Å². The number of nitrogens with one attached hydrogen (secondary N) is 1. The van der Waals surface area contributed by atoms with Crippen molar-refractivity contribution in [2.24, 2.45) is 13.0 Å². The number of likely N-dealkylation sites (N-methyl/N-ethyl adjacent to an activating group) is 1. The van der Waals surface area contributed by atoms with Crippen LogP contribution in [0.1, 0.15) is 30.6 Å².